The number of nitrogens with one attached hydrogen (secondary N) is 1. The van der Waals surface area contributed by atoms with E-state index in [2.05, 4.69) is 10.3 Å². The van der Waals surface area contributed by atoms with Crippen LogP contribution in [0.4, 0.5) is 4.79 Å². The van der Waals surface area contributed by atoms with Crippen LogP contribution in [0.1, 0.15) is 12.1 Å². The largest absolute Gasteiger partial charge is 0.479 e. The lowest BCUT2D eigenvalue weighted by atomic mass is 10.2. The second-order valence-corrected chi connectivity index (χ2v) is 4.05. The Balaban J connectivity index is 2.31. The van der Waals surface area contributed by atoms with Gasteiger partial charge in [0.15, 0.2) is 6.10 Å². The summed E-state index contributed by atoms with van der Waals surface area (Å²) in [6.45, 7) is 0.451. The molecule has 0 aromatic carbocycles. The molecule has 1 rings (SSSR count). The molecule has 1 aromatic heterocycles. The van der Waals surface area contributed by atoms with Crippen LogP contribution in [0.3, 0.4) is 0 Å². The van der Waals surface area contributed by atoms with E-state index in [0.29, 0.717) is 6.54 Å². The van der Waals surface area contributed by atoms with E-state index in [1.807, 2.05) is 6.07 Å². The number of rotatable bonds is 6. The molecule has 3 N–H and O–H groups in total. The van der Waals surface area contributed by atoms with Crippen LogP contribution in [0.2, 0.25) is 0 Å². The molecule has 0 aliphatic heterocycles. The second-order valence-electron chi connectivity index (χ2n) is 4.05. The molecule has 19 heavy (non-hydrogen) atoms. The summed E-state index contributed by atoms with van der Waals surface area (Å²) in [5.41, 5.74) is 0.755. The smallest absolute Gasteiger partial charge is 0.332 e. The van der Waals surface area contributed by atoms with Crippen LogP contribution >= 0.6 is 0 Å². The van der Waals surface area contributed by atoms with Gasteiger partial charge in [0.2, 0.25) is 0 Å². The molecule has 104 valence electrons. The molecule has 1 unspecified atom stereocenters. The van der Waals surface area contributed by atoms with E-state index < -0.39 is 12.1 Å². The predicted molar refractivity (Wildman–Crippen MR) is 67.4 cm³/mol. The molecule has 7 heteroatoms. The van der Waals surface area contributed by atoms with Crippen molar-refractivity contribution >= 4 is 12.0 Å². The number of hydrogen-bond donors (Lipinski definition) is 3. The van der Waals surface area contributed by atoms with Gasteiger partial charge in [0.05, 0.1) is 12.2 Å². The van der Waals surface area contributed by atoms with Gasteiger partial charge in [-0.1, -0.05) is 6.07 Å². The lowest BCUT2D eigenvalue weighted by Crippen LogP contribution is -2.38. The Morgan fingerprint density at radius 3 is 2.79 bits per heavy atom. The van der Waals surface area contributed by atoms with E-state index in [4.69, 9.17) is 10.2 Å². The molecule has 0 aliphatic rings. The van der Waals surface area contributed by atoms with Crippen molar-refractivity contribution in [3.63, 3.8) is 0 Å². The van der Waals surface area contributed by atoms with Gasteiger partial charge in [0.25, 0.3) is 0 Å². The molecule has 0 bridgehead atoms. The monoisotopic (exact) mass is 267 g/mol. The number of nitrogens with zero attached hydrogens (tertiary/aromatic N) is 2. The van der Waals surface area contributed by atoms with Crippen molar-refractivity contribution < 1.29 is 19.8 Å². The third-order valence-electron chi connectivity index (χ3n) is 2.45. The molecule has 0 aliphatic carbocycles. The summed E-state index contributed by atoms with van der Waals surface area (Å²) >= 11 is 0. The van der Waals surface area contributed by atoms with Gasteiger partial charge in [-0.3, -0.25) is 4.98 Å². The Morgan fingerprint density at radius 1 is 1.47 bits per heavy atom. The van der Waals surface area contributed by atoms with Crippen molar-refractivity contribution in [2.75, 3.05) is 13.6 Å². The standard InChI is InChI=1S/C12H17N3O4/c1-15(8-9-4-2-3-6-13-9)12(19)14-7-5-10(16)11(17)18/h2-4,6,10,16H,5,7-8H2,1H3,(H,14,19)(H,17,18). The highest BCUT2D eigenvalue weighted by atomic mass is 16.4. The highest BCUT2D eigenvalue weighted by Crippen LogP contribution is 1.99. The number of aliphatic hydroxyl groups is 1. The highest BCUT2D eigenvalue weighted by molar-refractivity contribution is 5.74. The summed E-state index contributed by atoms with van der Waals surface area (Å²) in [4.78, 5) is 27.5. The molecule has 0 saturated heterocycles. The predicted octanol–water partition coefficient (Wildman–Crippen LogP) is 0.0586. The van der Waals surface area contributed by atoms with Gasteiger partial charge in [-0.25, -0.2) is 9.59 Å². The van der Waals surface area contributed by atoms with E-state index in [9.17, 15) is 9.59 Å². The minimum atomic E-state index is -1.46. The molecular weight excluding hydrogens is 250 g/mol. The number of urea groups is 1. The third kappa shape index (κ3) is 5.35. The van der Waals surface area contributed by atoms with Crippen molar-refractivity contribution in [2.24, 2.45) is 0 Å². The second kappa shape index (κ2) is 7.32. The first kappa shape index (κ1) is 14.9. The fourth-order valence-corrected chi connectivity index (χ4v) is 1.38. The van der Waals surface area contributed by atoms with Crippen LogP contribution in [-0.2, 0) is 11.3 Å². The minimum Gasteiger partial charge on any atom is -0.479 e. The fourth-order valence-electron chi connectivity index (χ4n) is 1.38. The maximum atomic E-state index is 11.7. The van der Waals surface area contributed by atoms with Gasteiger partial charge >= 0.3 is 12.0 Å². The Kier molecular flexibility index (Phi) is 5.74. The van der Waals surface area contributed by atoms with E-state index in [1.54, 1.807) is 25.4 Å². The molecule has 1 aromatic rings. The van der Waals surface area contributed by atoms with Crippen molar-refractivity contribution in [2.45, 2.75) is 19.1 Å². The van der Waals surface area contributed by atoms with Gasteiger partial charge in [-0.2, -0.15) is 0 Å². The molecule has 1 heterocycles. The van der Waals surface area contributed by atoms with Gasteiger partial charge in [-0.05, 0) is 12.1 Å². The van der Waals surface area contributed by atoms with E-state index >= 15 is 0 Å². The number of carboxylic acids is 1. The van der Waals surface area contributed by atoms with E-state index in [1.165, 1.54) is 4.90 Å². The zero-order chi connectivity index (χ0) is 14.3. The van der Waals surface area contributed by atoms with Crippen LogP contribution < -0.4 is 5.32 Å². The first-order chi connectivity index (χ1) is 9.00. The number of carbonyl (C=O) groups excluding carboxylic acids is 1. The Labute approximate surface area is 110 Å². The average molecular weight is 267 g/mol. The molecule has 0 fully saturated rings. The molecule has 0 saturated carbocycles. The minimum absolute atomic E-state index is 0.0293. The zero-order valence-electron chi connectivity index (χ0n) is 10.6. The van der Waals surface area contributed by atoms with Gasteiger partial charge < -0.3 is 20.4 Å². The number of carboxylic acid groups (broad SMARTS) is 1. The van der Waals surface area contributed by atoms with E-state index in [-0.39, 0.29) is 19.0 Å². The van der Waals surface area contributed by atoms with Gasteiger partial charge in [-0.15, -0.1) is 0 Å². The number of aromatic nitrogens is 1. The summed E-state index contributed by atoms with van der Waals surface area (Å²) in [6.07, 6.45) is 0.157. The number of pyridine rings is 1. The maximum Gasteiger partial charge on any atom is 0.332 e. The SMILES string of the molecule is CN(Cc1ccccn1)C(=O)NCCC(O)C(=O)O. The summed E-state index contributed by atoms with van der Waals surface area (Å²) < 4.78 is 0. The van der Waals surface area contributed by atoms with Crippen LogP contribution in [-0.4, -0.2) is 51.8 Å². The van der Waals surface area contributed by atoms with Gasteiger partial charge in [0, 0.05) is 26.2 Å². The quantitative estimate of drug-likeness (QED) is 0.676. The summed E-state index contributed by atoms with van der Waals surface area (Å²) in [5, 5.41) is 20.0. The van der Waals surface area contributed by atoms with Crippen LogP contribution in [0.25, 0.3) is 0 Å². The zero-order valence-corrected chi connectivity index (χ0v) is 10.6. The molecule has 0 spiro atoms. The van der Waals surface area contributed by atoms with Gasteiger partial charge in [0.1, 0.15) is 0 Å². The summed E-state index contributed by atoms with van der Waals surface area (Å²) in [6, 6.07) is 5.08. The van der Waals surface area contributed by atoms with Crippen molar-refractivity contribution in [1.82, 2.24) is 15.2 Å². The van der Waals surface area contributed by atoms with Crippen molar-refractivity contribution in [1.29, 1.82) is 0 Å². The summed E-state index contributed by atoms with van der Waals surface area (Å²) in [5.74, 6) is -1.30. The number of hydrogen-bond acceptors (Lipinski definition) is 4. The lowest BCUT2D eigenvalue weighted by molar-refractivity contribution is -0.146. The molecule has 0 radical (unpaired) electrons. The Morgan fingerprint density at radius 2 is 2.21 bits per heavy atom. The molecular formula is C12H17N3O4. The van der Waals surface area contributed by atoms with E-state index in [0.717, 1.165) is 5.69 Å². The third-order valence-corrected chi connectivity index (χ3v) is 2.45. The van der Waals surface area contributed by atoms with Crippen LogP contribution in [0.15, 0.2) is 24.4 Å². The summed E-state index contributed by atoms with van der Waals surface area (Å²) in [7, 11) is 1.61. The number of aliphatic hydroxyl groups excluding tert-OH is 1. The number of carbonyl (C=O) groups is 2. The normalized spacial score (nSPS) is 11.7. The van der Waals surface area contributed by atoms with Crippen molar-refractivity contribution in [3.8, 4) is 0 Å². The van der Waals surface area contributed by atoms with Crippen molar-refractivity contribution in [3.05, 3.63) is 30.1 Å². The molecule has 7 nitrogen and oxygen atoms in total. The Bertz CT molecular complexity index is 424. The molecule has 2 amide bonds. The number of amides is 2. The first-order valence-corrected chi connectivity index (χ1v) is 5.80. The Hall–Kier alpha value is -2.15. The van der Waals surface area contributed by atoms with Crippen LogP contribution in [0.5, 0.6) is 0 Å². The highest BCUT2D eigenvalue weighted by Gasteiger charge is 2.14. The lowest BCUT2D eigenvalue weighted by Gasteiger charge is -2.17. The maximum absolute atomic E-state index is 11.7. The van der Waals surface area contributed by atoms with Crippen LogP contribution in [0, 0.1) is 0 Å². The number of aliphatic carboxylic acids is 1. The average Bonchev–Trinajstić information content (AvgIpc) is 2.39. The topological polar surface area (TPSA) is 103 Å². The molecule has 1 atom stereocenters. The fraction of sp³-hybridized carbons (Fsp3) is 0.417. The first-order valence-electron chi connectivity index (χ1n) is 5.80.